The van der Waals surface area contributed by atoms with Gasteiger partial charge in [0.25, 0.3) is 12.0 Å². The molecular formula is C21H25N3O4S. The summed E-state index contributed by atoms with van der Waals surface area (Å²) < 4.78 is 1.76. The molecule has 1 aliphatic rings. The average molecular weight is 416 g/mol. The number of carbonyl (C=O) groups is 1. The monoisotopic (exact) mass is 415 g/mol. The Bertz CT molecular complexity index is 985. The van der Waals surface area contributed by atoms with Crippen molar-refractivity contribution >= 4 is 28.0 Å². The summed E-state index contributed by atoms with van der Waals surface area (Å²) in [5, 5.41) is 16.7. The number of benzene rings is 1. The second-order valence-corrected chi connectivity index (χ2v) is 8.07. The molecule has 1 aliphatic heterocycles. The molecule has 1 aromatic carbocycles. The number of β-amino-alcohol motifs (C(OH)–C–C–N with tert-alkyl or cyclic N) is 1. The van der Waals surface area contributed by atoms with Crippen LogP contribution in [0.5, 0.6) is 0 Å². The third kappa shape index (κ3) is 5.29. The van der Waals surface area contributed by atoms with Gasteiger partial charge in [-0.3, -0.25) is 14.2 Å². The number of fused-ring (bicyclic) bond motifs is 1. The van der Waals surface area contributed by atoms with Gasteiger partial charge >= 0.3 is 0 Å². The molecule has 8 heteroatoms. The summed E-state index contributed by atoms with van der Waals surface area (Å²) in [7, 11) is 0. The quantitative estimate of drug-likeness (QED) is 0.622. The van der Waals surface area contributed by atoms with Crippen molar-refractivity contribution in [2.75, 3.05) is 26.2 Å². The van der Waals surface area contributed by atoms with Gasteiger partial charge in [-0.2, -0.15) is 0 Å². The van der Waals surface area contributed by atoms with E-state index in [0.717, 1.165) is 41.2 Å². The summed E-state index contributed by atoms with van der Waals surface area (Å²) >= 11 is 1.57. The van der Waals surface area contributed by atoms with Crippen LogP contribution in [0, 0.1) is 5.92 Å². The van der Waals surface area contributed by atoms with Crippen LogP contribution in [0.3, 0.4) is 0 Å². The van der Waals surface area contributed by atoms with E-state index in [2.05, 4.69) is 22.0 Å². The summed E-state index contributed by atoms with van der Waals surface area (Å²) in [6.45, 7) is 3.32. The van der Waals surface area contributed by atoms with Crippen molar-refractivity contribution < 1.29 is 15.0 Å². The van der Waals surface area contributed by atoms with Crippen molar-refractivity contribution in [3.05, 3.63) is 53.1 Å². The predicted molar refractivity (Wildman–Crippen MR) is 114 cm³/mol. The second kappa shape index (κ2) is 10.3. The van der Waals surface area contributed by atoms with E-state index < -0.39 is 0 Å². The highest BCUT2D eigenvalue weighted by molar-refractivity contribution is 7.21. The maximum atomic E-state index is 12.9. The van der Waals surface area contributed by atoms with E-state index in [0.29, 0.717) is 24.4 Å². The minimum Gasteiger partial charge on any atom is -0.483 e. The Balaban J connectivity index is 0.000000755. The summed E-state index contributed by atoms with van der Waals surface area (Å²) in [4.78, 5) is 30.0. The zero-order chi connectivity index (χ0) is 20.6. The molecule has 0 radical (unpaired) electrons. The van der Waals surface area contributed by atoms with Crippen molar-refractivity contribution in [1.82, 2.24) is 14.5 Å². The fraction of sp³-hybridized carbons (Fsp3) is 0.381. The number of carboxylic acid groups (broad SMARTS) is 1. The van der Waals surface area contributed by atoms with Gasteiger partial charge in [-0.05, 0) is 36.9 Å². The summed E-state index contributed by atoms with van der Waals surface area (Å²) in [5.41, 5.74) is 1.17. The highest BCUT2D eigenvalue weighted by atomic mass is 32.1. The first-order valence-corrected chi connectivity index (χ1v) is 10.4. The van der Waals surface area contributed by atoms with Crippen molar-refractivity contribution in [2.24, 2.45) is 5.92 Å². The van der Waals surface area contributed by atoms with Crippen LogP contribution in [-0.2, 0) is 11.3 Å². The normalized spacial score (nSPS) is 16.9. The van der Waals surface area contributed by atoms with Crippen LogP contribution in [-0.4, -0.2) is 57.4 Å². The first kappa shape index (κ1) is 21.2. The average Bonchev–Trinajstić information content (AvgIpc) is 3.17. The number of piperidine rings is 1. The van der Waals surface area contributed by atoms with E-state index in [1.54, 1.807) is 22.2 Å². The number of thiophene rings is 1. The van der Waals surface area contributed by atoms with Gasteiger partial charge in [0.1, 0.15) is 4.83 Å². The molecule has 1 atom stereocenters. The van der Waals surface area contributed by atoms with Gasteiger partial charge < -0.3 is 15.1 Å². The molecule has 1 saturated heterocycles. The van der Waals surface area contributed by atoms with Gasteiger partial charge in [0.05, 0.1) is 18.3 Å². The molecule has 0 aliphatic carbocycles. The molecule has 0 spiro atoms. The van der Waals surface area contributed by atoms with Crippen LogP contribution in [0.4, 0.5) is 0 Å². The molecule has 2 aromatic heterocycles. The summed E-state index contributed by atoms with van der Waals surface area (Å²) in [6, 6.07) is 12.1. The zero-order valence-electron chi connectivity index (χ0n) is 16.1. The number of aliphatic hydroxyl groups is 1. The van der Waals surface area contributed by atoms with Gasteiger partial charge in [-0.1, -0.05) is 30.3 Å². The topological polar surface area (TPSA) is 95.7 Å². The Morgan fingerprint density at radius 3 is 2.76 bits per heavy atom. The van der Waals surface area contributed by atoms with Crippen LogP contribution >= 0.6 is 11.3 Å². The van der Waals surface area contributed by atoms with Crippen LogP contribution in [0.25, 0.3) is 20.7 Å². The smallest absolute Gasteiger partial charge is 0.290 e. The Morgan fingerprint density at radius 2 is 2.03 bits per heavy atom. The molecule has 3 aromatic rings. The lowest BCUT2D eigenvalue weighted by Crippen LogP contribution is -2.39. The van der Waals surface area contributed by atoms with Crippen molar-refractivity contribution in [2.45, 2.75) is 19.4 Å². The molecular weight excluding hydrogens is 390 g/mol. The van der Waals surface area contributed by atoms with Crippen molar-refractivity contribution in [3.8, 4) is 10.4 Å². The van der Waals surface area contributed by atoms with E-state index in [1.165, 1.54) is 0 Å². The minimum atomic E-state index is -0.250. The summed E-state index contributed by atoms with van der Waals surface area (Å²) in [6.07, 6.45) is 3.93. The number of nitrogens with zero attached hydrogens (tertiary/aromatic N) is 3. The molecule has 154 valence electrons. The lowest BCUT2D eigenvalue weighted by molar-refractivity contribution is -0.122. The van der Waals surface area contributed by atoms with Crippen LogP contribution in [0.2, 0.25) is 0 Å². The SMILES string of the molecule is O=CO.O=c1c2cc(-c3ccccc3)sc2ncn1CC1CCCN(CCO)C1. The van der Waals surface area contributed by atoms with E-state index in [4.69, 9.17) is 15.0 Å². The Hall–Kier alpha value is -2.55. The standard InChI is InChI=1S/C20H23N3O2S.CH2O2/c24-10-9-22-8-4-5-15(12-22)13-23-14-21-19-17(20(23)25)11-18(26-19)16-6-2-1-3-7-16;2-1-3/h1-3,6-7,11,14-15,24H,4-5,8-10,12-13H2;1H,(H,2,3). The van der Waals surface area contributed by atoms with Gasteiger partial charge in [-0.25, -0.2) is 4.98 Å². The molecule has 0 bridgehead atoms. The first-order valence-electron chi connectivity index (χ1n) is 9.61. The Kier molecular flexibility index (Phi) is 7.51. The highest BCUT2D eigenvalue weighted by Crippen LogP contribution is 2.30. The lowest BCUT2D eigenvalue weighted by Gasteiger charge is -2.32. The van der Waals surface area contributed by atoms with Gasteiger partial charge in [0.2, 0.25) is 0 Å². The van der Waals surface area contributed by atoms with E-state index in [-0.39, 0.29) is 18.6 Å². The van der Waals surface area contributed by atoms with Gasteiger partial charge in [0.15, 0.2) is 0 Å². The molecule has 1 fully saturated rings. The fourth-order valence-corrected chi connectivity index (χ4v) is 4.75. The van der Waals surface area contributed by atoms with E-state index in [9.17, 15) is 4.79 Å². The van der Waals surface area contributed by atoms with Gasteiger partial charge in [-0.15, -0.1) is 11.3 Å². The molecule has 4 rings (SSSR count). The zero-order valence-corrected chi connectivity index (χ0v) is 16.9. The fourth-order valence-electron chi connectivity index (χ4n) is 3.76. The van der Waals surface area contributed by atoms with Crippen molar-refractivity contribution in [3.63, 3.8) is 0 Å². The summed E-state index contributed by atoms with van der Waals surface area (Å²) in [5.74, 6) is 0.430. The largest absolute Gasteiger partial charge is 0.483 e. The maximum Gasteiger partial charge on any atom is 0.290 e. The number of rotatable bonds is 5. The van der Waals surface area contributed by atoms with Crippen LogP contribution in [0.1, 0.15) is 12.8 Å². The number of hydrogen-bond acceptors (Lipinski definition) is 6. The number of likely N-dealkylation sites (tertiary alicyclic amines) is 1. The lowest BCUT2D eigenvalue weighted by atomic mass is 9.98. The Labute approximate surface area is 172 Å². The molecule has 29 heavy (non-hydrogen) atoms. The highest BCUT2D eigenvalue weighted by Gasteiger charge is 2.21. The molecule has 2 N–H and O–H groups in total. The minimum absolute atomic E-state index is 0.0488. The number of aliphatic hydroxyl groups excluding tert-OH is 1. The molecule has 3 heterocycles. The third-order valence-corrected chi connectivity index (χ3v) is 6.14. The Morgan fingerprint density at radius 1 is 1.28 bits per heavy atom. The van der Waals surface area contributed by atoms with E-state index >= 15 is 0 Å². The molecule has 0 amide bonds. The third-order valence-electron chi connectivity index (χ3n) is 5.05. The van der Waals surface area contributed by atoms with Crippen LogP contribution < -0.4 is 5.56 Å². The predicted octanol–water partition coefficient (Wildman–Crippen LogP) is 2.53. The second-order valence-electron chi connectivity index (χ2n) is 7.04. The van der Waals surface area contributed by atoms with Crippen molar-refractivity contribution in [1.29, 1.82) is 0 Å². The first-order chi connectivity index (χ1) is 14.2. The number of hydrogen-bond donors (Lipinski definition) is 2. The van der Waals surface area contributed by atoms with Crippen LogP contribution in [0.15, 0.2) is 47.5 Å². The van der Waals surface area contributed by atoms with E-state index in [1.807, 2.05) is 24.3 Å². The van der Waals surface area contributed by atoms with Gasteiger partial charge in [0, 0.05) is 24.5 Å². The molecule has 7 nitrogen and oxygen atoms in total. The molecule has 0 saturated carbocycles. The molecule has 1 unspecified atom stereocenters. The number of aromatic nitrogens is 2. The maximum absolute atomic E-state index is 12.9.